The maximum Gasteiger partial charge on any atom is 0.416 e. The molecule has 0 spiro atoms. The Labute approximate surface area is 236 Å². The molecule has 0 fully saturated rings. The summed E-state index contributed by atoms with van der Waals surface area (Å²) in [6.07, 6.45) is -15.7. The monoisotopic (exact) mass is 612 g/mol. The molecule has 0 radical (unpaired) electrons. The predicted octanol–water partition coefficient (Wildman–Crippen LogP) is 8.41. The first-order valence-corrected chi connectivity index (χ1v) is 12.8. The molecule has 0 N–H and O–H groups in total. The van der Waals surface area contributed by atoms with E-state index in [1.54, 1.807) is 27.7 Å². The minimum Gasteiger partial charge on any atom is -0.443 e. The van der Waals surface area contributed by atoms with E-state index in [-0.39, 0.29) is 30.3 Å². The molecule has 232 valence electrons. The van der Waals surface area contributed by atoms with Gasteiger partial charge in [-0.25, -0.2) is 4.79 Å². The number of halogens is 9. The summed E-state index contributed by atoms with van der Waals surface area (Å²) in [5.74, 6) is -1.54. The summed E-state index contributed by atoms with van der Waals surface area (Å²) >= 11 is 0. The van der Waals surface area contributed by atoms with E-state index in [9.17, 15) is 49.1 Å². The lowest BCUT2D eigenvalue weighted by Crippen LogP contribution is -2.44. The van der Waals surface area contributed by atoms with Crippen LogP contribution in [0.3, 0.4) is 0 Å². The third-order valence-corrected chi connectivity index (χ3v) is 6.70. The van der Waals surface area contributed by atoms with Crippen molar-refractivity contribution in [2.45, 2.75) is 83.7 Å². The molecule has 3 rings (SSSR count). The highest BCUT2D eigenvalue weighted by Gasteiger charge is 2.45. The number of hydrogen-bond donors (Lipinski definition) is 0. The van der Waals surface area contributed by atoms with E-state index in [1.165, 1.54) is 0 Å². The van der Waals surface area contributed by atoms with Gasteiger partial charge in [-0.1, -0.05) is 13.0 Å². The van der Waals surface area contributed by atoms with E-state index in [1.807, 2.05) is 0 Å². The number of amides is 2. The Morgan fingerprint density at radius 3 is 1.79 bits per heavy atom. The van der Waals surface area contributed by atoms with Crippen molar-refractivity contribution >= 4 is 17.7 Å². The number of ether oxygens (including phenoxy) is 1. The summed E-state index contributed by atoms with van der Waals surface area (Å²) in [4.78, 5) is 27.9. The number of rotatable bonds is 5. The molecule has 0 aromatic heterocycles. The summed E-state index contributed by atoms with van der Waals surface area (Å²) in [5, 5.41) is 0. The predicted molar refractivity (Wildman–Crippen MR) is 135 cm³/mol. The Morgan fingerprint density at radius 2 is 1.36 bits per heavy atom. The van der Waals surface area contributed by atoms with Crippen molar-refractivity contribution in [3.8, 4) is 0 Å². The number of benzene rings is 2. The third kappa shape index (κ3) is 7.49. The zero-order valence-corrected chi connectivity index (χ0v) is 23.3. The van der Waals surface area contributed by atoms with Crippen LogP contribution < -0.4 is 4.90 Å². The van der Waals surface area contributed by atoms with E-state index >= 15 is 0 Å². The van der Waals surface area contributed by atoms with Gasteiger partial charge in [0.15, 0.2) is 0 Å². The molecule has 0 saturated carbocycles. The molecule has 1 heterocycles. The van der Waals surface area contributed by atoms with Crippen molar-refractivity contribution in [3.05, 3.63) is 64.2 Å². The highest BCUT2D eigenvalue weighted by atomic mass is 19.4. The van der Waals surface area contributed by atoms with Crippen molar-refractivity contribution in [1.29, 1.82) is 0 Å². The number of alkyl halides is 9. The molecule has 2 atom stereocenters. The van der Waals surface area contributed by atoms with Crippen molar-refractivity contribution in [2.24, 2.45) is 0 Å². The second-order valence-corrected chi connectivity index (χ2v) is 11.0. The SMILES string of the molecule is CCC1C(CN(Cc2cc(C(F)(F)F)cc(C(F)(F)F)c2)C(C)=O)c2ccc(C(F)(F)F)cc2N1C(=O)OC(C)(C)C. The molecular formula is C28H29F9N2O3. The Morgan fingerprint density at radius 1 is 0.833 bits per heavy atom. The third-order valence-electron chi connectivity index (χ3n) is 6.70. The van der Waals surface area contributed by atoms with Crippen LogP contribution in [-0.4, -0.2) is 35.1 Å². The van der Waals surface area contributed by atoms with Crippen LogP contribution in [-0.2, 0) is 34.6 Å². The van der Waals surface area contributed by atoms with Gasteiger partial charge < -0.3 is 9.64 Å². The standard InChI is InChI=1S/C28H29F9N2O3/c1-6-22-21(20-8-7-17(26(29,30)31)12-23(20)39(22)24(41)42-25(3,4)5)14-38(15(2)40)13-16-9-18(27(32,33)34)11-19(10-16)28(35,36)37/h7-12,21-22H,6,13-14H2,1-5H3. The fraction of sp³-hybridized carbons (Fsp3) is 0.500. The number of carbonyl (C=O) groups is 2. The van der Waals surface area contributed by atoms with Crippen molar-refractivity contribution in [2.75, 3.05) is 11.4 Å². The van der Waals surface area contributed by atoms with Crippen LogP contribution in [0.15, 0.2) is 36.4 Å². The van der Waals surface area contributed by atoms with Gasteiger partial charge in [0, 0.05) is 32.0 Å². The van der Waals surface area contributed by atoms with Gasteiger partial charge in [0.2, 0.25) is 5.91 Å². The lowest BCUT2D eigenvalue weighted by atomic mass is 9.92. The smallest absolute Gasteiger partial charge is 0.416 e. The lowest BCUT2D eigenvalue weighted by Gasteiger charge is -2.32. The number of carbonyl (C=O) groups excluding carboxylic acids is 2. The van der Waals surface area contributed by atoms with Gasteiger partial charge in [-0.15, -0.1) is 0 Å². The molecule has 2 aromatic rings. The Hall–Kier alpha value is -3.45. The largest absolute Gasteiger partial charge is 0.443 e. The van der Waals surface area contributed by atoms with Crippen LogP contribution >= 0.6 is 0 Å². The molecule has 1 aliphatic heterocycles. The van der Waals surface area contributed by atoms with Gasteiger partial charge >= 0.3 is 24.6 Å². The molecule has 1 aliphatic rings. The first-order chi connectivity index (χ1) is 19.0. The normalized spacial score (nSPS) is 17.7. The maximum atomic E-state index is 13.6. The number of hydrogen-bond acceptors (Lipinski definition) is 3. The van der Waals surface area contributed by atoms with Crippen LogP contribution in [0.4, 0.5) is 50.0 Å². The fourth-order valence-corrected chi connectivity index (χ4v) is 4.91. The molecule has 5 nitrogen and oxygen atoms in total. The van der Waals surface area contributed by atoms with Crippen LogP contribution in [0.25, 0.3) is 0 Å². The number of nitrogens with zero attached hydrogens (tertiary/aromatic N) is 2. The van der Waals surface area contributed by atoms with E-state index in [4.69, 9.17) is 4.74 Å². The minimum atomic E-state index is -5.10. The minimum absolute atomic E-state index is 0.0289. The molecule has 14 heteroatoms. The number of fused-ring (bicyclic) bond motifs is 1. The Kier molecular flexibility index (Phi) is 8.91. The highest BCUT2D eigenvalue weighted by Crippen LogP contribution is 2.46. The summed E-state index contributed by atoms with van der Waals surface area (Å²) in [5.41, 5.74) is -5.48. The zero-order chi connectivity index (χ0) is 32.0. The van der Waals surface area contributed by atoms with Crippen molar-refractivity contribution < 1.29 is 53.8 Å². The van der Waals surface area contributed by atoms with E-state index < -0.39 is 76.9 Å². The topological polar surface area (TPSA) is 49.9 Å². The molecular weight excluding hydrogens is 583 g/mol. The molecule has 0 bridgehead atoms. The lowest BCUT2D eigenvalue weighted by molar-refractivity contribution is -0.143. The Bertz CT molecular complexity index is 1300. The zero-order valence-electron chi connectivity index (χ0n) is 23.3. The summed E-state index contributed by atoms with van der Waals surface area (Å²) < 4.78 is 127. The summed E-state index contributed by atoms with van der Waals surface area (Å²) in [6.45, 7) is 6.43. The average Bonchev–Trinajstić information content (AvgIpc) is 3.13. The summed E-state index contributed by atoms with van der Waals surface area (Å²) in [6, 6.07) is 2.88. The first kappa shape index (κ1) is 33.1. The van der Waals surface area contributed by atoms with Gasteiger partial charge in [-0.05, 0) is 68.7 Å². The fourth-order valence-electron chi connectivity index (χ4n) is 4.91. The highest BCUT2D eigenvalue weighted by molar-refractivity contribution is 5.92. The maximum absolute atomic E-state index is 13.6. The van der Waals surface area contributed by atoms with Crippen molar-refractivity contribution in [1.82, 2.24) is 4.90 Å². The van der Waals surface area contributed by atoms with E-state index in [0.29, 0.717) is 12.1 Å². The quantitative estimate of drug-likeness (QED) is 0.319. The van der Waals surface area contributed by atoms with Crippen LogP contribution in [0.1, 0.15) is 74.8 Å². The van der Waals surface area contributed by atoms with Gasteiger partial charge in [0.1, 0.15) is 5.60 Å². The molecule has 0 saturated heterocycles. The van der Waals surface area contributed by atoms with Crippen LogP contribution in [0.2, 0.25) is 0 Å². The molecule has 2 unspecified atom stereocenters. The molecule has 0 aliphatic carbocycles. The molecule has 2 aromatic carbocycles. The summed E-state index contributed by atoms with van der Waals surface area (Å²) in [7, 11) is 0. The van der Waals surface area contributed by atoms with Gasteiger partial charge in [-0.2, -0.15) is 39.5 Å². The Balaban J connectivity index is 2.08. The van der Waals surface area contributed by atoms with Crippen molar-refractivity contribution in [3.63, 3.8) is 0 Å². The molecule has 42 heavy (non-hydrogen) atoms. The van der Waals surface area contributed by atoms with Gasteiger partial charge in [0.05, 0.1) is 22.4 Å². The van der Waals surface area contributed by atoms with Gasteiger partial charge in [-0.3, -0.25) is 9.69 Å². The first-order valence-electron chi connectivity index (χ1n) is 12.8. The van der Waals surface area contributed by atoms with Crippen LogP contribution in [0.5, 0.6) is 0 Å². The molecule has 2 amide bonds. The van der Waals surface area contributed by atoms with E-state index in [0.717, 1.165) is 34.9 Å². The number of anilines is 1. The van der Waals surface area contributed by atoms with Crippen LogP contribution in [0, 0.1) is 0 Å². The average molecular weight is 613 g/mol. The second-order valence-electron chi connectivity index (χ2n) is 11.0. The second kappa shape index (κ2) is 11.3. The van der Waals surface area contributed by atoms with E-state index in [2.05, 4.69) is 0 Å². The van der Waals surface area contributed by atoms with Gasteiger partial charge in [0.25, 0.3) is 0 Å².